The molecule has 2 amide bonds. The third-order valence-corrected chi connectivity index (χ3v) is 4.00. The number of rotatable bonds is 6. The van der Waals surface area contributed by atoms with E-state index in [-0.39, 0.29) is 17.9 Å². The van der Waals surface area contributed by atoms with Crippen LogP contribution in [0.5, 0.6) is 11.5 Å². The smallest absolute Gasteiger partial charge is 0.343 e. The van der Waals surface area contributed by atoms with E-state index in [4.69, 9.17) is 9.47 Å². The second-order valence-electron chi connectivity index (χ2n) is 5.72. The molecule has 2 aromatic rings. The fraction of sp³-hybridized carbons (Fsp3) is 0.150. The average molecular weight is 382 g/mol. The molecular formula is C20H18N2O6. The molecule has 0 aliphatic carbocycles. The first-order valence-electron chi connectivity index (χ1n) is 8.34. The van der Waals surface area contributed by atoms with Gasteiger partial charge in [0.25, 0.3) is 11.8 Å². The molecule has 1 N–H and O–H groups in total. The number of ether oxygens (including phenoxy) is 3. The van der Waals surface area contributed by atoms with Gasteiger partial charge in [-0.3, -0.25) is 15.0 Å². The summed E-state index contributed by atoms with van der Waals surface area (Å²) in [5.74, 6) is -1.05. The van der Waals surface area contributed by atoms with Crippen LogP contribution >= 0.6 is 0 Å². The van der Waals surface area contributed by atoms with Gasteiger partial charge in [-0.15, -0.1) is 0 Å². The highest BCUT2D eigenvalue weighted by Gasteiger charge is 2.34. The Kier molecular flexibility index (Phi) is 5.59. The fourth-order valence-corrected chi connectivity index (χ4v) is 2.62. The number of para-hydroxylation sites is 2. The minimum atomic E-state index is -0.575. The zero-order chi connectivity index (χ0) is 20.1. The minimum absolute atomic E-state index is 0.0694. The number of anilines is 1. The second kappa shape index (κ2) is 8.26. The van der Waals surface area contributed by atoms with Crippen molar-refractivity contribution in [1.29, 1.82) is 0 Å². The molecule has 8 heteroatoms. The summed E-state index contributed by atoms with van der Waals surface area (Å²) in [5.41, 5.74) is 3.41. The Morgan fingerprint density at radius 2 is 1.82 bits per heavy atom. The van der Waals surface area contributed by atoms with Crippen LogP contribution in [0.4, 0.5) is 5.69 Å². The van der Waals surface area contributed by atoms with Crippen molar-refractivity contribution in [3.05, 3.63) is 59.7 Å². The molecule has 1 fully saturated rings. The quantitative estimate of drug-likeness (QED) is 0.464. The molecule has 0 spiro atoms. The van der Waals surface area contributed by atoms with Gasteiger partial charge in [0.2, 0.25) is 0 Å². The molecule has 1 heterocycles. The third-order valence-electron chi connectivity index (χ3n) is 4.00. The minimum Gasteiger partial charge on any atom is -0.493 e. The first-order valence-corrected chi connectivity index (χ1v) is 8.34. The largest absolute Gasteiger partial charge is 0.493 e. The lowest BCUT2D eigenvalue weighted by Crippen LogP contribution is -2.35. The monoisotopic (exact) mass is 382 g/mol. The van der Waals surface area contributed by atoms with E-state index in [1.165, 1.54) is 25.3 Å². The maximum atomic E-state index is 12.7. The molecule has 144 valence electrons. The molecule has 28 heavy (non-hydrogen) atoms. The summed E-state index contributed by atoms with van der Waals surface area (Å²) in [6, 6.07) is 13.7. The molecule has 2 aromatic carbocycles. The molecular weight excluding hydrogens is 364 g/mol. The van der Waals surface area contributed by atoms with Crippen molar-refractivity contribution in [2.45, 2.75) is 0 Å². The Balaban J connectivity index is 1.95. The van der Waals surface area contributed by atoms with Gasteiger partial charge in [0.05, 0.1) is 19.9 Å². The van der Waals surface area contributed by atoms with Crippen molar-refractivity contribution >= 4 is 29.5 Å². The Morgan fingerprint density at radius 1 is 1.07 bits per heavy atom. The van der Waals surface area contributed by atoms with Crippen molar-refractivity contribution < 1.29 is 28.6 Å². The number of hydrogen-bond donors (Lipinski definition) is 1. The van der Waals surface area contributed by atoms with Gasteiger partial charge in [-0.1, -0.05) is 30.3 Å². The Bertz CT molecular complexity index is 939. The van der Waals surface area contributed by atoms with Gasteiger partial charge < -0.3 is 14.2 Å². The third kappa shape index (κ3) is 3.80. The summed E-state index contributed by atoms with van der Waals surface area (Å²) >= 11 is 0. The number of carbonyl (C=O) groups excluding carboxylic acids is 3. The van der Waals surface area contributed by atoms with Crippen LogP contribution in [0, 0.1) is 0 Å². The molecule has 0 aromatic heterocycles. The van der Waals surface area contributed by atoms with Crippen molar-refractivity contribution in [2.24, 2.45) is 0 Å². The van der Waals surface area contributed by atoms with Gasteiger partial charge >= 0.3 is 5.97 Å². The number of amides is 2. The first kappa shape index (κ1) is 19.0. The Hall–Kier alpha value is -3.81. The summed E-state index contributed by atoms with van der Waals surface area (Å²) in [6.45, 7) is -0.344. The van der Waals surface area contributed by atoms with E-state index in [1.54, 1.807) is 42.5 Å². The lowest BCUT2D eigenvalue weighted by Gasteiger charge is -2.14. The molecule has 0 saturated carbocycles. The van der Waals surface area contributed by atoms with Gasteiger partial charge in [-0.2, -0.15) is 0 Å². The molecule has 1 aliphatic heterocycles. The number of methoxy groups -OCH3 is 2. The Morgan fingerprint density at radius 3 is 2.50 bits per heavy atom. The highest BCUT2D eigenvalue weighted by atomic mass is 16.6. The van der Waals surface area contributed by atoms with Gasteiger partial charge in [-0.25, -0.2) is 9.80 Å². The maximum Gasteiger partial charge on any atom is 0.343 e. The number of esters is 1. The van der Waals surface area contributed by atoms with Crippen LogP contribution in [0.3, 0.4) is 0 Å². The summed E-state index contributed by atoms with van der Waals surface area (Å²) in [6.07, 6.45) is 1.40. The fourth-order valence-electron chi connectivity index (χ4n) is 2.62. The van der Waals surface area contributed by atoms with Crippen molar-refractivity contribution in [2.75, 3.05) is 25.8 Å². The molecule has 1 aliphatic rings. The highest BCUT2D eigenvalue weighted by molar-refractivity contribution is 6.31. The summed E-state index contributed by atoms with van der Waals surface area (Å²) in [4.78, 5) is 36.5. The molecule has 0 atom stereocenters. The van der Waals surface area contributed by atoms with Gasteiger partial charge in [0.1, 0.15) is 5.57 Å². The lowest BCUT2D eigenvalue weighted by molar-refractivity contribution is -0.143. The SMILES string of the molecule is COC(=O)COc1c(/C=C2\C(=O)NN(c3ccccc3)C2=O)cccc1OC. The van der Waals surface area contributed by atoms with E-state index >= 15 is 0 Å². The lowest BCUT2D eigenvalue weighted by atomic mass is 10.1. The van der Waals surface area contributed by atoms with E-state index in [2.05, 4.69) is 10.2 Å². The van der Waals surface area contributed by atoms with Crippen LogP contribution in [0.2, 0.25) is 0 Å². The predicted molar refractivity (Wildman–Crippen MR) is 101 cm³/mol. The normalized spacial score (nSPS) is 14.8. The highest BCUT2D eigenvalue weighted by Crippen LogP contribution is 2.33. The number of nitrogens with zero attached hydrogens (tertiary/aromatic N) is 1. The molecule has 0 bridgehead atoms. The second-order valence-corrected chi connectivity index (χ2v) is 5.72. The number of benzene rings is 2. The van der Waals surface area contributed by atoms with Crippen LogP contribution < -0.4 is 19.9 Å². The molecule has 0 unspecified atom stereocenters. The van der Waals surface area contributed by atoms with E-state index in [0.717, 1.165) is 0 Å². The molecule has 1 saturated heterocycles. The molecule has 0 radical (unpaired) electrons. The van der Waals surface area contributed by atoms with Crippen molar-refractivity contribution in [1.82, 2.24) is 5.43 Å². The zero-order valence-corrected chi connectivity index (χ0v) is 15.3. The van der Waals surface area contributed by atoms with Crippen LogP contribution in [0.25, 0.3) is 6.08 Å². The van der Waals surface area contributed by atoms with E-state index in [9.17, 15) is 14.4 Å². The summed E-state index contributed by atoms with van der Waals surface area (Å²) < 4.78 is 15.3. The van der Waals surface area contributed by atoms with Gasteiger partial charge in [0, 0.05) is 5.56 Å². The maximum absolute atomic E-state index is 12.7. The molecule has 8 nitrogen and oxygen atoms in total. The predicted octanol–water partition coefficient (Wildman–Crippen LogP) is 1.71. The van der Waals surface area contributed by atoms with Crippen LogP contribution in [-0.2, 0) is 19.1 Å². The standard InChI is InChI=1S/C20H18N2O6/c1-26-16-10-6-7-13(18(16)28-12-17(23)27-2)11-15-19(24)21-22(20(15)25)14-8-4-3-5-9-14/h3-11H,12H2,1-2H3,(H,21,24)/b15-11+. The van der Waals surface area contributed by atoms with Crippen LogP contribution in [-0.4, -0.2) is 38.6 Å². The Labute approximate surface area is 161 Å². The number of hydrogen-bond acceptors (Lipinski definition) is 6. The number of carbonyl (C=O) groups is 3. The summed E-state index contributed by atoms with van der Waals surface area (Å²) in [5, 5.41) is 1.17. The van der Waals surface area contributed by atoms with E-state index < -0.39 is 17.8 Å². The average Bonchev–Trinajstić information content (AvgIpc) is 3.01. The van der Waals surface area contributed by atoms with Crippen LogP contribution in [0.1, 0.15) is 5.56 Å². The van der Waals surface area contributed by atoms with Gasteiger partial charge in [-0.05, 0) is 24.3 Å². The first-order chi connectivity index (χ1) is 13.5. The summed E-state index contributed by atoms with van der Waals surface area (Å²) in [7, 11) is 2.69. The van der Waals surface area contributed by atoms with Crippen molar-refractivity contribution in [3.63, 3.8) is 0 Å². The van der Waals surface area contributed by atoms with Crippen molar-refractivity contribution in [3.8, 4) is 11.5 Å². The van der Waals surface area contributed by atoms with Gasteiger partial charge in [0.15, 0.2) is 18.1 Å². The van der Waals surface area contributed by atoms with Crippen LogP contribution in [0.15, 0.2) is 54.1 Å². The molecule has 3 rings (SSSR count). The topological polar surface area (TPSA) is 94.2 Å². The number of nitrogens with one attached hydrogen (secondary N) is 1. The zero-order valence-electron chi connectivity index (χ0n) is 15.3. The van der Waals surface area contributed by atoms with E-state index in [1.807, 2.05) is 6.07 Å². The number of hydrazine groups is 1. The van der Waals surface area contributed by atoms with E-state index in [0.29, 0.717) is 17.0 Å².